The van der Waals surface area contributed by atoms with Gasteiger partial charge in [0.2, 0.25) is 5.95 Å². The number of nitrogens with zero attached hydrogens (tertiary/aromatic N) is 7. The van der Waals surface area contributed by atoms with Crippen molar-refractivity contribution < 1.29 is 23.5 Å². The molecule has 1 fully saturated rings. The third-order valence-corrected chi connectivity index (χ3v) is 7.52. The van der Waals surface area contributed by atoms with Gasteiger partial charge in [0.15, 0.2) is 17.5 Å². The summed E-state index contributed by atoms with van der Waals surface area (Å²) in [4.78, 5) is 41.1. The molecule has 4 aromatic rings. The SMILES string of the molecule is COC1(C(=O)NCc2ccc(-n3cc(F)cn3)nc2)CCN(c2nc(C#CCCNC(=O)OC(C)(C)C)cc(Nc3cc(C)[nH]n3)n2)CC1. The van der Waals surface area contributed by atoms with Crippen LogP contribution in [0, 0.1) is 24.6 Å². The van der Waals surface area contributed by atoms with Gasteiger partial charge in [-0.25, -0.2) is 23.8 Å². The fourth-order valence-corrected chi connectivity index (χ4v) is 5.03. The molecule has 4 N–H and O–H groups in total. The minimum absolute atomic E-state index is 0.232. The lowest BCUT2D eigenvalue weighted by Crippen LogP contribution is -2.55. The van der Waals surface area contributed by atoms with Gasteiger partial charge in [0.25, 0.3) is 5.91 Å². The van der Waals surface area contributed by atoms with Crippen molar-refractivity contribution in [3.63, 3.8) is 0 Å². The monoisotopic (exact) mass is 673 g/mol. The second-order valence-electron chi connectivity index (χ2n) is 12.5. The average Bonchev–Trinajstić information content (AvgIpc) is 3.70. The van der Waals surface area contributed by atoms with Gasteiger partial charge < -0.3 is 30.3 Å². The van der Waals surface area contributed by atoms with Gasteiger partial charge in [0.05, 0.1) is 12.4 Å². The molecule has 0 aromatic carbocycles. The summed E-state index contributed by atoms with van der Waals surface area (Å²) in [5.41, 5.74) is 0.520. The molecule has 5 heterocycles. The van der Waals surface area contributed by atoms with Crippen molar-refractivity contribution in [3.8, 4) is 17.7 Å². The van der Waals surface area contributed by atoms with Crippen molar-refractivity contribution in [1.82, 2.24) is 45.6 Å². The van der Waals surface area contributed by atoms with Crippen LogP contribution in [0.25, 0.3) is 5.82 Å². The van der Waals surface area contributed by atoms with Gasteiger partial charge in [0.1, 0.15) is 22.7 Å². The van der Waals surface area contributed by atoms with Gasteiger partial charge in [-0.3, -0.25) is 9.89 Å². The number of carbonyl (C=O) groups excluding carboxylic acids is 2. The number of H-pyrrole nitrogens is 1. The van der Waals surface area contributed by atoms with E-state index in [-0.39, 0.29) is 12.5 Å². The third kappa shape index (κ3) is 9.51. The van der Waals surface area contributed by atoms with Gasteiger partial charge in [-0.2, -0.15) is 15.2 Å². The molecular formula is C33H40FN11O4. The van der Waals surface area contributed by atoms with Crippen molar-refractivity contribution in [1.29, 1.82) is 0 Å². The molecule has 2 amide bonds. The largest absolute Gasteiger partial charge is 0.444 e. The first-order chi connectivity index (χ1) is 23.4. The Morgan fingerprint density at radius 2 is 1.90 bits per heavy atom. The Labute approximate surface area is 283 Å². The second kappa shape index (κ2) is 15.1. The molecule has 0 atom stereocenters. The summed E-state index contributed by atoms with van der Waals surface area (Å²) in [5.74, 6) is 7.44. The van der Waals surface area contributed by atoms with Crippen LogP contribution >= 0.6 is 0 Å². The highest BCUT2D eigenvalue weighted by molar-refractivity contribution is 5.85. The number of amides is 2. The Kier molecular flexibility index (Phi) is 10.7. The van der Waals surface area contributed by atoms with E-state index in [1.165, 1.54) is 18.0 Å². The molecule has 5 rings (SSSR count). The molecule has 258 valence electrons. The van der Waals surface area contributed by atoms with Crippen LogP contribution in [-0.2, 0) is 20.8 Å². The molecule has 0 bridgehead atoms. The second-order valence-corrected chi connectivity index (χ2v) is 12.5. The number of nitrogens with one attached hydrogen (secondary N) is 4. The van der Waals surface area contributed by atoms with Crippen LogP contribution in [-0.4, -0.2) is 84.9 Å². The molecular weight excluding hydrogens is 633 g/mol. The molecule has 0 radical (unpaired) electrons. The van der Waals surface area contributed by atoms with Crippen LogP contribution < -0.4 is 20.9 Å². The Balaban J connectivity index is 1.22. The summed E-state index contributed by atoms with van der Waals surface area (Å²) in [7, 11) is 1.53. The normalized spacial score (nSPS) is 14.0. The molecule has 0 saturated carbocycles. The number of piperidine rings is 1. The summed E-state index contributed by atoms with van der Waals surface area (Å²) in [5, 5.41) is 19.9. The first-order valence-electron chi connectivity index (χ1n) is 15.8. The van der Waals surface area contributed by atoms with E-state index >= 15 is 0 Å². The minimum atomic E-state index is -1.04. The first kappa shape index (κ1) is 34.8. The molecule has 0 spiro atoms. The minimum Gasteiger partial charge on any atom is -0.444 e. The number of hydrogen-bond acceptors (Lipinski definition) is 11. The number of methoxy groups -OCH3 is 1. The molecule has 16 heteroatoms. The van der Waals surface area contributed by atoms with Crippen molar-refractivity contribution in [2.45, 2.75) is 64.7 Å². The maximum Gasteiger partial charge on any atom is 0.407 e. The zero-order valence-corrected chi connectivity index (χ0v) is 28.1. The number of halogens is 1. The predicted molar refractivity (Wildman–Crippen MR) is 179 cm³/mol. The average molecular weight is 674 g/mol. The van der Waals surface area contributed by atoms with Crippen LogP contribution in [0.5, 0.6) is 0 Å². The third-order valence-electron chi connectivity index (χ3n) is 7.52. The van der Waals surface area contributed by atoms with E-state index in [1.807, 2.05) is 17.9 Å². The quantitative estimate of drug-likeness (QED) is 0.143. The molecule has 4 aromatic heterocycles. The van der Waals surface area contributed by atoms with Crippen LogP contribution in [0.1, 0.15) is 57.0 Å². The fourth-order valence-electron chi connectivity index (χ4n) is 5.03. The number of pyridine rings is 1. The molecule has 0 aliphatic carbocycles. The number of aryl methyl sites for hydroxylation is 1. The van der Waals surface area contributed by atoms with E-state index < -0.39 is 23.1 Å². The lowest BCUT2D eigenvalue weighted by atomic mass is 9.90. The zero-order chi connectivity index (χ0) is 35.0. The van der Waals surface area contributed by atoms with E-state index in [2.05, 4.69) is 48.1 Å². The highest BCUT2D eigenvalue weighted by Crippen LogP contribution is 2.29. The number of rotatable bonds is 10. The summed E-state index contributed by atoms with van der Waals surface area (Å²) in [6.45, 7) is 8.78. The van der Waals surface area contributed by atoms with Crippen molar-refractivity contribution in [2.24, 2.45) is 0 Å². The fraction of sp³-hybridized carbons (Fsp3) is 0.424. The van der Waals surface area contributed by atoms with Crippen molar-refractivity contribution >= 4 is 29.6 Å². The number of aromatic nitrogens is 7. The number of alkyl carbamates (subject to hydrolysis) is 1. The summed E-state index contributed by atoms with van der Waals surface area (Å²) >= 11 is 0. The topological polar surface area (TPSA) is 177 Å². The van der Waals surface area contributed by atoms with E-state index in [1.54, 1.807) is 45.2 Å². The van der Waals surface area contributed by atoms with E-state index in [0.29, 0.717) is 68.0 Å². The maximum atomic E-state index is 13.4. The van der Waals surface area contributed by atoms with Gasteiger partial charge >= 0.3 is 6.09 Å². The Bertz CT molecular complexity index is 1810. The Hall–Kier alpha value is -5.56. The molecule has 49 heavy (non-hydrogen) atoms. The van der Waals surface area contributed by atoms with Crippen molar-refractivity contribution in [3.05, 3.63) is 65.6 Å². The zero-order valence-electron chi connectivity index (χ0n) is 28.1. The van der Waals surface area contributed by atoms with Gasteiger partial charge in [0, 0.05) is 76.6 Å². The van der Waals surface area contributed by atoms with Crippen LogP contribution in [0.3, 0.4) is 0 Å². The van der Waals surface area contributed by atoms with E-state index in [9.17, 15) is 14.0 Å². The van der Waals surface area contributed by atoms with Crippen LogP contribution in [0.15, 0.2) is 42.9 Å². The first-order valence-corrected chi connectivity index (χ1v) is 15.8. The van der Waals surface area contributed by atoms with Gasteiger partial charge in [-0.1, -0.05) is 12.0 Å². The highest BCUT2D eigenvalue weighted by Gasteiger charge is 2.42. The van der Waals surface area contributed by atoms with E-state index in [4.69, 9.17) is 19.4 Å². The van der Waals surface area contributed by atoms with Crippen molar-refractivity contribution in [2.75, 3.05) is 37.0 Å². The number of carbonyl (C=O) groups is 2. The van der Waals surface area contributed by atoms with Gasteiger partial charge in [-0.05, 0) is 45.2 Å². The molecule has 1 aliphatic rings. The molecule has 1 saturated heterocycles. The Morgan fingerprint density at radius 3 is 2.53 bits per heavy atom. The van der Waals surface area contributed by atoms with E-state index in [0.717, 1.165) is 17.5 Å². The molecule has 15 nitrogen and oxygen atoms in total. The van der Waals surface area contributed by atoms with Crippen LogP contribution in [0.2, 0.25) is 0 Å². The maximum absolute atomic E-state index is 13.4. The van der Waals surface area contributed by atoms with Crippen LogP contribution in [0.4, 0.5) is 26.8 Å². The predicted octanol–water partition coefficient (Wildman–Crippen LogP) is 3.54. The number of aromatic amines is 1. The summed E-state index contributed by atoms with van der Waals surface area (Å²) in [6, 6.07) is 7.08. The summed E-state index contributed by atoms with van der Waals surface area (Å²) < 4.78 is 25.7. The summed E-state index contributed by atoms with van der Waals surface area (Å²) in [6.07, 6.45) is 4.64. The number of anilines is 3. The lowest BCUT2D eigenvalue weighted by Gasteiger charge is -2.39. The smallest absolute Gasteiger partial charge is 0.407 e. The Morgan fingerprint density at radius 1 is 1.10 bits per heavy atom. The number of hydrogen-bond donors (Lipinski definition) is 4. The lowest BCUT2D eigenvalue weighted by molar-refractivity contribution is -0.146. The molecule has 0 unspecified atom stereocenters. The highest BCUT2D eigenvalue weighted by atomic mass is 19.1. The molecule has 1 aliphatic heterocycles. The standard InChI is InChI=1S/C33H40FN11O4/c1-22-16-27(43-42-22)40-26-17-25(8-6-7-13-35-31(47)49-32(2,3)4)39-30(41-26)44-14-11-33(48-5,12-15-44)29(46)37-19-23-9-10-28(36-18-23)45-21-24(34)20-38-45/h9-10,16-18,20-21H,7,11-15,19H2,1-5H3,(H,35,47)(H,37,46)(H2,39,40,41,42,43). The number of ether oxygens (including phenoxy) is 2. The van der Waals surface area contributed by atoms with Gasteiger partial charge in [-0.15, -0.1) is 0 Å².